The van der Waals surface area contributed by atoms with Crippen LogP contribution in [0.5, 0.6) is 0 Å². The van der Waals surface area contributed by atoms with Crippen molar-refractivity contribution >= 4 is 17.4 Å². The zero-order valence-electron chi connectivity index (χ0n) is 17.3. The Kier molecular flexibility index (Phi) is 6.20. The van der Waals surface area contributed by atoms with Crippen molar-refractivity contribution in [1.82, 2.24) is 15.1 Å². The summed E-state index contributed by atoms with van der Waals surface area (Å²) in [5.41, 5.74) is 3.67. The number of anilines is 2. The minimum absolute atomic E-state index is 0.0268. The van der Waals surface area contributed by atoms with Crippen LogP contribution in [0.1, 0.15) is 5.56 Å². The molecule has 2 heterocycles. The Morgan fingerprint density at radius 3 is 1.83 bits per heavy atom. The van der Waals surface area contributed by atoms with E-state index in [2.05, 4.69) is 51.3 Å². The van der Waals surface area contributed by atoms with Crippen LogP contribution in [-0.2, 0) is 6.54 Å². The molecule has 0 radical (unpaired) electrons. The van der Waals surface area contributed by atoms with E-state index >= 15 is 0 Å². The van der Waals surface area contributed by atoms with Crippen LogP contribution in [0.15, 0.2) is 54.6 Å². The lowest BCUT2D eigenvalue weighted by molar-refractivity contribution is 0.194. The van der Waals surface area contributed by atoms with Gasteiger partial charge >= 0.3 is 6.03 Å². The first-order valence-electron chi connectivity index (χ1n) is 10.5. The minimum atomic E-state index is 0.0268. The molecule has 0 spiro atoms. The molecular formula is C23H31N5O. The molecule has 1 N–H and O–H groups in total. The third-order valence-electron chi connectivity index (χ3n) is 5.94. The number of carbonyl (C=O) groups is 1. The number of carbonyl (C=O) groups excluding carboxylic acids is 1. The van der Waals surface area contributed by atoms with Crippen LogP contribution in [0, 0.1) is 0 Å². The highest BCUT2D eigenvalue weighted by Crippen LogP contribution is 2.22. The Bertz CT molecular complexity index is 779. The number of hydrogen-bond donors (Lipinski definition) is 1. The number of likely N-dealkylation sites (N-methyl/N-ethyl adjacent to an activating group) is 1. The van der Waals surface area contributed by atoms with Crippen molar-refractivity contribution in [1.29, 1.82) is 0 Å². The van der Waals surface area contributed by atoms with Crippen molar-refractivity contribution in [3.05, 3.63) is 60.2 Å². The predicted octanol–water partition coefficient (Wildman–Crippen LogP) is 2.47. The molecule has 2 aliphatic rings. The second kappa shape index (κ2) is 9.18. The smallest absolute Gasteiger partial charge is 0.317 e. The second-order valence-corrected chi connectivity index (χ2v) is 7.93. The lowest BCUT2D eigenvalue weighted by Crippen LogP contribution is -2.51. The van der Waals surface area contributed by atoms with Crippen molar-refractivity contribution in [2.45, 2.75) is 6.54 Å². The van der Waals surface area contributed by atoms with E-state index in [1.54, 1.807) is 0 Å². The van der Waals surface area contributed by atoms with Gasteiger partial charge in [0.2, 0.25) is 0 Å². The summed E-state index contributed by atoms with van der Waals surface area (Å²) >= 11 is 0. The minimum Gasteiger partial charge on any atom is -0.369 e. The average Bonchev–Trinajstić information content (AvgIpc) is 2.79. The summed E-state index contributed by atoms with van der Waals surface area (Å²) in [6, 6.07) is 19.0. The fourth-order valence-electron chi connectivity index (χ4n) is 3.99. The molecule has 4 rings (SSSR count). The van der Waals surface area contributed by atoms with Gasteiger partial charge in [-0.05, 0) is 36.9 Å². The van der Waals surface area contributed by atoms with E-state index in [9.17, 15) is 4.79 Å². The Balaban J connectivity index is 1.25. The van der Waals surface area contributed by atoms with Crippen LogP contribution in [0.25, 0.3) is 0 Å². The van der Waals surface area contributed by atoms with Gasteiger partial charge in [-0.25, -0.2) is 4.79 Å². The zero-order chi connectivity index (χ0) is 20.1. The van der Waals surface area contributed by atoms with E-state index in [1.165, 1.54) is 11.4 Å². The fourth-order valence-corrected chi connectivity index (χ4v) is 3.99. The van der Waals surface area contributed by atoms with E-state index in [0.717, 1.165) is 57.9 Å². The molecule has 29 heavy (non-hydrogen) atoms. The highest BCUT2D eigenvalue weighted by Gasteiger charge is 2.21. The van der Waals surface area contributed by atoms with E-state index in [1.807, 2.05) is 35.2 Å². The van der Waals surface area contributed by atoms with Gasteiger partial charge in [-0.2, -0.15) is 0 Å². The maximum absolute atomic E-state index is 12.4. The number of nitrogens with one attached hydrogen (secondary N) is 1. The fraction of sp³-hybridized carbons (Fsp3) is 0.435. The summed E-state index contributed by atoms with van der Waals surface area (Å²) < 4.78 is 0. The van der Waals surface area contributed by atoms with Gasteiger partial charge < -0.3 is 24.9 Å². The molecule has 2 aromatic rings. The molecule has 6 heteroatoms. The molecule has 6 nitrogen and oxygen atoms in total. The normalized spacial score (nSPS) is 18.0. The predicted molar refractivity (Wildman–Crippen MR) is 119 cm³/mol. The first-order chi connectivity index (χ1) is 14.2. The van der Waals surface area contributed by atoms with E-state index in [4.69, 9.17) is 0 Å². The summed E-state index contributed by atoms with van der Waals surface area (Å²) in [6.07, 6.45) is 0. The largest absolute Gasteiger partial charge is 0.369 e. The second-order valence-electron chi connectivity index (χ2n) is 7.93. The Morgan fingerprint density at radius 2 is 1.28 bits per heavy atom. The Hall–Kier alpha value is -2.73. The number of nitrogens with zero attached hydrogens (tertiary/aromatic N) is 4. The average molecular weight is 394 g/mol. The number of urea groups is 1. The van der Waals surface area contributed by atoms with Gasteiger partial charge in [-0.15, -0.1) is 0 Å². The standard InChI is InChI=1S/C23H31N5O/c1-25-11-13-26(14-12-25)21-7-9-22(10-8-21)27-15-17-28(18-16-27)23(29)24-19-20-5-3-2-4-6-20/h2-10H,11-19H2,1H3,(H,24,29). The molecule has 0 atom stereocenters. The van der Waals surface area contributed by atoms with Crippen molar-refractivity contribution in [3.63, 3.8) is 0 Å². The molecule has 0 aromatic heterocycles. The summed E-state index contributed by atoms with van der Waals surface area (Å²) in [5.74, 6) is 0. The van der Waals surface area contributed by atoms with Gasteiger partial charge in [-0.3, -0.25) is 0 Å². The third kappa shape index (κ3) is 5.01. The lowest BCUT2D eigenvalue weighted by atomic mass is 10.2. The molecule has 154 valence electrons. The van der Waals surface area contributed by atoms with Gasteiger partial charge in [0.1, 0.15) is 0 Å². The summed E-state index contributed by atoms with van der Waals surface area (Å²) in [4.78, 5) is 21.6. The number of benzene rings is 2. The molecule has 0 saturated carbocycles. The van der Waals surface area contributed by atoms with Gasteiger partial charge in [0, 0.05) is 70.3 Å². The lowest BCUT2D eigenvalue weighted by Gasteiger charge is -2.37. The molecular weight excluding hydrogens is 362 g/mol. The maximum atomic E-state index is 12.4. The molecule has 0 aliphatic carbocycles. The highest BCUT2D eigenvalue weighted by molar-refractivity contribution is 5.74. The number of amides is 2. The molecule has 0 bridgehead atoms. The highest BCUT2D eigenvalue weighted by atomic mass is 16.2. The molecule has 2 aliphatic heterocycles. The van der Waals surface area contributed by atoms with Crippen molar-refractivity contribution in [2.75, 3.05) is 69.2 Å². The first-order valence-corrected chi connectivity index (χ1v) is 10.5. The van der Waals surface area contributed by atoms with E-state index in [-0.39, 0.29) is 6.03 Å². The van der Waals surface area contributed by atoms with Crippen LogP contribution in [0.3, 0.4) is 0 Å². The monoisotopic (exact) mass is 393 g/mol. The van der Waals surface area contributed by atoms with Crippen LogP contribution >= 0.6 is 0 Å². The number of rotatable bonds is 4. The third-order valence-corrected chi connectivity index (χ3v) is 5.94. The molecule has 0 unspecified atom stereocenters. The van der Waals surface area contributed by atoms with Gasteiger partial charge in [0.05, 0.1) is 0 Å². The zero-order valence-corrected chi connectivity index (χ0v) is 17.3. The molecule has 2 aromatic carbocycles. The molecule has 2 fully saturated rings. The first kappa shape index (κ1) is 19.6. The molecule has 2 saturated heterocycles. The van der Waals surface area contributed by atoms with Crippen molar-refractivity contribution in [3.8, 4) is 0 Å². The summed E-state index contributed by atoms with van der Waals surface area (Å²) in [5, 5.41) is 3.03. The van der Waals surface area contributed by atoms with E-state index < -0.39 is 0 Å². The van der Waals surface area contributed by atoms with Crippen LogP contribution in [0.2, 0.25) is 0 Å². The summed E-state index contributed by atoms with van der Waals surface area (Å²) in [6.45, 7) is 8.24. The topological polar surface area (TPSA) is 42.1 Å². The van der Waals surface area contributed by atoms with Crippen LogP contribution < -0.4 is 15.1 Å². The Morgan fingerprint density at radius 1 is 0.759 bits per heavy atom. The van der Waals surface area contributed by atoms with Gasteiger partial charge in [0.25, 0.3) is 0 Å². The maximum Gasteiger partial charge on any atom is 0.317 e. The summed E-state index contributed by atoms with van der Waals surface area (Å²) in [7, 11) is 2.18. The Labute approximate surface area is 173 Å². The van der Waals surface area contributed by atoms with E-state index in [0.29, 0.717) is 6.54 Å². The SMILES string of the molecule is CN1CCN(c2ccc(N3CCN(C(=O)NCc4ccccc4)CC3)cc2)CC1. The molecule has 2 amide bonds. The number of piperazine rings is 2. The number of hydrogen-bond acceptors (Lipinski definition) is 4. The quantitative estimate of drug-likeness (QED) is 0.867. The van der Waals surface area contributed by atoms with Crippen LogP contribution in [-0.4, -0.2) is 75.2 Å². The van der Waals surface area contributed by atoms with Crippen molar-refractivity contribution in [2.24, 2.45) is 0 Å². The van der Waals surface area contributed by atoms with Gasteiger partial charge in [0.15, 0.2) is 0 Å². The van der Waals surface area contributed by atoms with Crippen LogP contribution in [0.4, 0.5) is 16.2 Å². The van der Waals surface area contributed by atoms with Crippen molar-refractivity contribution < 1.29 is 4.79 Å². The van der Waals surface area contributed by atoms with Gasteiger partial charge in [-0.1, -0.05) is 30.3 Å².